The maximum atomic E-state index is 15.5. The van der Waals surface area contributed by atoms with E-state index in [9.17, 15) is 0 Å². The standard InChI is InChI=1S/C29H31ClFN5S.C2H7N/c1-18-22(13-14-26(33-18)36-37-25-12-8-7-11-24(25)30)19-15-20-17-32-28(34-21-9-5-4-6-10-21)35-27(20)23(16-19)29(2,3)31;1-3-2/h7-8,11-17,21H,4-6,9-10H2,1-3H3,(H,33,36)(H,32,34,35);3H,1-2H3. The number of halogens is 2. The molecule has 0 radical (unpaired) electrons. The molecule has 0 unspecified atom stereocenters. The van der Waals surface area contributed by atoms with Gasteiger partial charge in [-0.15, -0.1) is 0 Å². The van der Waals surface area contributed by atoms with Crippen molar-refractivity contribution in [3.05, 3.63) is 71.0 Å². The van der Waals surface area contributed by atoms with Crippen LogP contribution < -0.4 is 15.4 Å². The van der Waals surface area contributed by atoms with Gasteiger partial charge in [0.25, 0.3) is 0 Å². The number of anilines is 2. The second-order valence-electron chi connectivity index (χ2n) is 10.6. The molecule has 0 atom stereocenters. The van der Waals surface area contributed by atoms with Gasteiger partial charge in [0.2, 0.25) is 5.95 Å². The SMILES string of the molecule is CNC.Cc1nc(NSc2ccccc2Cl)ccc1-c1cc(C(C)(C)F)c2nc(NC3CCCCC3)ncc2c1. The van der Waals surface area contributed by atoms with Crippen molar-refractivity contribution in [2.24, 2.45) is 0 Å². The molecule has 2 aromatic carbocycles. The lowest BCUT2D eigenvalue weighted by Gasteiger charge is -2.23. The molecule has 5 rings (SSSR count). The zero-order chi connectivity index (χ0) is 28.7. The van der Waals surface area contributed by atoms with Crippen LogP contribution in [0.4, 0.5) is 16.2 Å². The van der Waals surface area contributed by atoms with Gasteiger partial charge in [-0.2, -0.15) is 0 Å². The number of hydrogen-bond donors (Lipinski definition) is 3. The molecule has 9 heteroatoms. The first-order chi connectivity index (χ1) is 19.2. The molecule has 0 saturated heterocycles. The van der Waals surface area contributed by atoms with Crippen LogP contribution in [0.25, 0.3) is 22.0 Å². The maximum absolute atomic E-state index is 15.5. The second kappa shape index (κ2) is 13.6. The number of pyridine rings is 1. The first kappa shape index (κ1) is 30.0. The van der Waals surface area contributed by atoms with Gasteiger partial charge in [0.1, 0.15) is 11.5 Å². The van der Waals surface area contributed by atoms with Gasteiger partial charge in [-0.3, -0.25) is 0 Å². The molecule has 3 N–H and O–H groups in total. The lowest BCUT2D eigenvalue weighted by atomic mass is 9.92. The van der Waals surface area contributed by atoms with E-state index in [1.54, 1.807) is 20.0 Å². The van der Waals surface area contributed by atoms with Crippen molar-refractivity contribution in [2.75, 3.05) is 24.1 Å². The molecular weight excluding hydrogens is 543 g/mol. The predicted molar refractivity (Wildman–Crippen MR) is 168 cm³/mol. The normalized spacial score (nSPS) is 14.0. The van der Waals surface area contributed by atoms with E-state index in [1.165, 1.54) is 31.2 Å². The van der Waals surface area contributed by atoms with E-state index in [0.717, 1.165) is 45.8 Å². The Morgan fingerprint density at radius 3 is 2.40 bits per heavy atom. The van der Waals surface area contributed by atoms with E-state index in [0.29, 0.717) is 28.1 Å². The summed E-state index contributed by atoms with van der Waals surface area (Å²) in [6.45, 7) is 5.11. The predicted octanol–water partition coefficient (Wildman–Crippen LogP) is 8.56. The van der Waals surface area contributed by atoms with Gasteiger partial charge in [0.15, 0.2) is 0 Å². The minimum atomic E-state index is -1.57. The van der Waals surface area contributed by atoms with Crippen LogP contribution in [0.1, 0.15) is 57.2 Å². The van der Waals surface area contributed by atoms with Crippen LogP contribution in [-0.4, -0.2) is 35.1 Å². The van der Waals surface area contributed by atoms with Gasteiger partial charge in [0.05, 0.1) is 10.5 Å². The number of aryl methyl sites for hydroxylation is 1. The highest BCUT2D eigenvalue weighted by molar-refractivity contribution is 8.00. The molecule has 1 aliphatic rings. The molecule has 40 heavy (non-hydrogen) atoms. The van der Waals surface area contributed by atoms with Gasteiger partial charge >= 0.3 is 0 Å². The van der Waals surface area contributed by atoms with Crippen LogP contribution in [0.3, 0.4) is 0 Å². The number of benzene rings is 2. The summed E-state index contributed by atoms with van der Waals surface area (Å²) in [5.74, 6) is 1.29. The Morgan fingerprint density at radius 2 is 1.73 bits per heavy atom. The van der Waals surface area contributed by atoms with E-state index >= 15 is 4.39 Å². The van der Waals surface area contributed by atoms with Crippen LogP contribution in [0.2, 0.25) is 5.02 Å². The molecule has 0 amide bonds. The van der Waals surface area contributed by atoms with Crippen LogP contribution in [-0.2, 0) is 5.67 Å². The largest absolute Gasteiger partial charge is 0.351 e. The van der Waals surface area contributed by atoms with Crippen molar-refractivity contribution in [1.82, 2.24) is 20.3 Å². The van der Waals surface area contributed by atoms with Gasteiger partial charge in [0, 0.05) is 39.3 Å². The van der Waals surface area contributed by atoms with Gasteiger partial charge in [-0.25, -0.2) is 19.3 Å². The number of rotatable bonds is 7. The smallest absolute Gasteiger partial charge is 0.223 e. The third-order valence-electron chi connectivity index (χ3n) is 6.76. The fourth-order valence-electron chi connectivity index (χ4n) is 4.81. The molecule has 0 spiro atoms. The molecule has 4 aromatic rings. The molecule has 2 aromatic heterocycles. The Labute approximate surface area is 246 Å². The molecular formula is C31H38ClFN6S. The topological polar surface area (TPSA) is 74.8 Å². The fourth-order valence-corrected chi connectivity index (χ4v) is 5.70. The third kappa shape index (κ3) is 7.62. The Hall–Kier alpha value is -2.94. The Balaban J connectivity index is 0.00000118. The molecule has 1 fully saturated rings. The number of nitrogens with zero attached hydrogens (tertiary/aromatic N) is 3. The highest BCUT2D eigenvalue weighted by atomic mass is 35.5. The summed E-state index contributed by atoms with van der Waals surface area (Å²) in [5, 5.41) is 7.71. The van der Waals surface area contributed by atoms with Crippen LogP contribution in [0.5, 0.6) is 0 Å². The lowest BCUT2D eigenvalue weighted by Crippen LogP contribution is -2.23. The van der Waals surface area contributed by atoms with E-state index in [4.69, 9.17) is 21.6 Å². The summed E-state index contributed by atoms with van der Waals surface area (Å²) < 4.78 is 18.7. The van der Waals surface area contributed by atoms with Crippen molar-refractivity contribution >= 4 is 46.2 Å². The Kier molecular flexibility index (Phi) is 10.2. The van der Waals surface area contributed by atoms with Crippen LogP contribution >= 0.6 is 23.5 Å². The van der Waals surface area contributed by atoms with Crippen molar-refractivity contribution < 1.29 is 4.39 Å². The molecule has 2 heterocycles. The fraction of sp³-hybridized carbons (Fsp3) is 0.387. The van der Waals surface area contributed by atoms with Crippen molar-refractivity contribution in [3.63, 3.8) is 0 Å². The highest BCUT2D eigenvalue weighted by Crippen LogP contribution is 2.37. The first-order valence-corrected chi connectivity index (χ1v) is 14.9. The van der Waals surface area contributed by atoms with Crippen molar-refractivity contribution in [3.8, 4) is 11.1 Å². The average molecular weight is 581 g/mol. The van der Waals surface area contributed by atoms with E-state index < -0.39 is 5.67 Å². The molecule has 0 aliphatic heterocycles. The van der Waals surface area contributed by atoms with Crippen LogP contribution in [0, 0.1) is 6.92 Å². The average Bonchev–Trinajstić information content (AvgIpc) is 2.92. The minimum absolute atomic E-state index is 0.379. The summed E-state index contributed by atoms with van der Waals surface area (Å²) in [6, 6.07) is 15.9. The third-order valence-corrected chi connectivity index (χ3v) is 8.09. The van der Waals surface area contributed by atoms with Crippen LogP contribution in [0.15, 0.2) is 59.6 Å². The lowest BCUT2D eigenvalue weighted by molar-refractivity contribution is 0.223. The van der Waals surface area contributed by atoms with Gasteiger partial charge in [-0.1, -0.05) is 43.0 Å². The quantitative estimate of drug-likeness (QED) is 0.189. The Bertz CT molecular complexity index is 1440. The Morgan fingerprint density at radius 1 is 1.00 bits per heavy atom. The summed E-state index contributed by atoms with van der Waals surface area (Å²) in [4.78, 5) is 15.0. The van der Waals surface area contributed by atoms with Gasteiger partial charge in [-0.05, 0) is 102 Å². The molecule has 6 nitrogen and oxygen atoms in total. The van der Waals surface area contributed by atoms with E-state index in [1.807, 2.05) is 69.6 Å². The van der Waals surface area contributed by atoms with Gasteiger partial charge < -0.3 is 15.4 Å². The summed E-state index contributed by atoms with van der Waals surface area (Å²) in [6.07, 6.45) is 7.76. The van der Waals surface area contributed by atoms with Crippen molar-refractivity contribution in [2.45, 2.75) is 69.5 Å². The van der Waals surface area contributed by atoms with E-state index in [-0.39, 0.29) is 0 Å². The van der Waals surface area contributed by atoms with E-state index in [2.05, 4.69) is 20.3 Å². The monoisotopic (exact) mass is 580 g/mol. The number of alkyl halides is 1. The second-order valence-corrected chi connectivity index (χ2v) is 11.8. The highest BCUT2D eigenvalue weighted by Gasteiger charge is 2.25. The summed E-state index contributed by atoms with van der Waals surface area (Å²) in [7, 11) is 3.75. The molecule has 1 aliphatic carbocycles. The van der Waals surface area contributed by atoms with Crippen molar-refractivity contribution in [1.29, 1.82) is 0 Å². The first-order valence-electron chi connectivity index (χ1n) is 13.7. The molecule has 212 valence electrons. The number of hydrogen-bond acceptors (Lipinski definition) is 7. The molecule has 1 saturated carbocycles. The summed E-state index contributed by atoms with van der Waals surface area (Å²) >= 11 is 7.67. The zero-order valence-electron chi connectivity index (χ0n) is 23.8. The number of aromatic nitrogens is 3. The summed E-state index contributed by atoms with van der Waals surface area (Å²) in [5.41, 5.74) is 2.28. The number of fused-ring (bicyclic) bond motifs is 1. The maximum Gasteiger partial charge on any atom is 0.223 e. The molecule has 0 bridgehead atoms. The zero-order valence-corrected chi connectivity index (χ0v) is 25.4. The minimum Gasteiger partial charge on any atom is -0.351 e. The number of nitrogens with one attached hydrogen (secondary N) is 3.